The minimum atomic E-state index is -4.45. The van der Waals surface area contributed by atoms with Crippen molar-refractivity contribution in [3.8, 4) is 11.3 Å². The zero-order valence-electron chi connectivity index (χ0n) is 16.4. The summed E-state index contributed by atoms with van der Waals surface area (Å²) < 4.78 is 49.9. The highest BCUT2D eigenvalue weighted by atomic mass is 19.4. The molecular weight excluding hydrogens is 419 g/mol. The third-order valence-electron chi connectivity index (χ3n) is 5.02. The molecule has 4 aromatic rings. The topological polar surface area (TPSA) is 51.8 Å². The van der Waals surface area contributed by atoms with Crippen LogP contribution in [0.3, 0.4) is 0 Å². The van der Waals surface area contributed by atoms with E-state index in [4.69, 9.17) is 9.15 Å². The lowest BCUT2D eigenvalue weighted by molar-refractivity contribution is -0.137. The number of carbonyl (C=O) groups is 1. The highest BCUT2D eigenvalue weighted by Crippen LogP contribution is 2.33. The zero-order valence-corrected chi connectivity index (χ0v) is 16.4. The van der Waals surface area contributed by atoms with E-state index in [1.807, 2.05) is 42.5 Å². The van der Waals surface area contributed by atoms with Crippen LogP contribution in [-0.4, -0.2) is 11.9 Å². The summed E-state index contributed by atoms with van der Waals surface area (Å²) in [5.41, 5.74) is 0.232. The van der Waals surface area contributed by atoms with Gasteiger partial charge in [0.25, 0.3) is 0 Å². The Bertz CT molecular complexity index is 1410. The number of esters is 1. The number of aliphatic imine (C=N–C) groups is 1. The summed E-state index contributed by atoms with van der Waals surface area (Å²) in [6.07, 6.45) is -3.05. The third-order valence-corrected chi connectivity index (χ3v) is 5.02. The maximum absolute atomic E-state index is 13.0. The molecule has 0 spiro atoms. The average molecular weight is 433 g/mol. The third kappa shape index (κ3) is 3.69. The number of carbonyl (C=O) groups excluding carboxylic acids is 1. The molecule has 0 saturated heterocycles. The Kier molecular flexibility index (Phi) is 4.66. The van der Waals surface area contributed by atoms with Gasteiger partial charge in [0.1, 0.15) is 11.5 Å². The van der Waals surface area contributed by atoms with Crippen LogP contribution < -0.4 is 0 Å². The second-order valence-electron chi connectivity index (χ2n) is 7.14. The Labute approximate surface area is 180 Å². The number of furan rings is 1. The van der Waals surface area contributed by atoms with Gasteiger partial charge < -0.3 is 9.15 Å². The number of cyclic esters (lactones) is 1. The van der Waals surface area contributed by atoms with Crippen LogP contribution in [0.5, 0.6) is 0 Å². The van der Waals surface area contributed by atoms with Crippen LogP contribution in [0, 0.1) is 0 Å². The van der Waals surface area contributed by atoms with E-state index in [0.29, 0.717) is 5.56 Å². The van der Waals surface area contributed by atoms with E-state index in [1.54, 1.807) is 6.07 Å². The highest BCUT2D eigenvalue weighted by molar-refractivity contribution is 6.17. The van der Waals surface area contributed by atoms with E-state index in [9.17, 15) is 18.0 Å². The Morgan fingerprint density at radius 2 is 1.66 bits per heavy atom. The SMILES string of the molecule is O=C1OC(c2cccc3ccccc23)=N/C1=C/c1ccc(-c2cccc(C(F)(F)F)c2)o1. The lowest BCUT2D eigenvalue weighted by Gasteiger charge is -2.07. The Morgan fingerprint density at radius 1 is 0.875 bits per heavy atom. The number of rotatable bonds is 3. The molecule has 0 amide bonds. The van der Waals surface area contributed by atoms with Crippen molar-refractivity contribution in [3.63, 3.8) is 0 Å². The fourth-order valence-corrected chi connectivity index (χ4v) is 3.51. The van der Waals surface area contributed by atoms with Gasteiger partial charge in [-0.25, -0.2) is 9.79 Å². The number of hydrogen-bond donors (Lipinski definition) is 0. The van der Waals surface area contributed by atoms with Crippen molar-refractivity contribution in [3.05, 3.63) is 101 Å². The fourth-order valence-electron chi connectivity index (χ4n) is 3.51. The largest absolute Gasteiger partial charge is 0.457 e. The number of ether oxygens (including phenoxy) is 1. The number of nitrogens with zero attached hydrogens (tertiary/aromatic N) is 1. The molecular formula is C25H14F3NO3. The van der Waals surface area contributed by atoms with Gasteiger partial charge in [-0.15, -0.1) is 0 Å². The number of benzene rings is 3. The molecule has 0 aliphatic carbocycles. The summed E-state index contributed by atoms with van der Waals surface area (Å²) in [7, 11) is 0. The Hall–Kier alpha value is -4.13. The molecule has 4 nitrogen and oxygen atoms in total. The van der Waals surface area contributed by atoms with Gasteiger partial charge in [0.15, 0.2) is 5.70 Å². The highest BCUT2D eigenvalue weighted by Gasteiger charge is 2.30. The van der Waals surface area contributed by atoms with Crippen molar-refractivity contribution >= 4 is 28.7 Å². The summed E-state index contributed by atoms with van der Waals surface area (Å²) >= 11 is 0. The van der Waals surface area contributed by atoms with Gasteiger partial charge in [0, 0.05) is 17.2 Å². The molecule has 1 aromatic heterocycles. The standard InChI is InChI=1S/C25H14F3NO3/c26-25(27,28)17-8-3-7-16(13-17)22-12-11-18(31-22)14-21-24(30)32-23(29-21)20-10-4-6-15-5-1-2-9-19(15)20/h1-14H/b21-14+. The quantitative estimate of drug-likeness (QED) is 0.275. The van der Waals surface area contributed by atoms with Crippen molar-refractivity contribution in [1.82, 2.24) is 0 Å². The van der Waals surface area contributed by atoms with Crippen LogP contribution in [0.4, 0.5) is 13.2 Å². The maximum atomic E-state index is 13.0. The predicted molar refractivity (Wildman–Crippen MR) is 114 cm³/mol. The lowest BCUT2D eigenvalue weighted by Crippen LogP contribution is -2.05. The molecule has 7 heteroatoms. The molecule has 2 heterocycles. The van der Waals surface area contributed by atoms with Crippen molar-refractivity contribution in [2.75, 3.05) is 0 Å². The van der Waals surface area contributed by atoms with E-state index in [0.717, 1.165) is 22.9 Å². The van der Waals surface area contributed by atoms with Crippen LogP contribution in [0.2, 0.25) is 0 Å². The van der Waals surface area contributed by atoms with E-state index in [2.05, 4.69) is 4.99 Å². The van der Waals surface area contributed by atoms with Gasteiger partial charge in [0.2, 0.25) is 5.90 Å². The van der Waals surface area contributed by atoms with E-state index in [1.165, 1.54) is 24.3 Å². The minimum absolute atomic E-state index is 0.0397. The second-order valence-corrected chi connectivity index (χ2v) is 7.14. The first kappa shape index (κ1) is 19.8. The Morgan fingerprint density at radius 3 is 2.50 bits per heavy atom. The fraction of sp³-hybridized carbons (Fsp3) is 0.0400. The lowest BCUT2D eigenvalue weighted by atomic mass is 10.0. The Balaban J connectivity index is 1.47. The van der Waals surface area contributed by atoms with Crippen LogP contribution in [0.1, 0.15) is 16.9 Å². The van der Waals surface area contributed by atoms with Crippen LogP contribution in [0.15, 0.2) is 94.0 Å². The van der Waals surface area contributed by atoms with Crippen LogP contribution >= 0.6 is 0 Å². The van der Waals surface area contributed by atoms with Crippen molar-refractivity contribution < 1.29 is 27.1 Å². The molecule has 0 atom stereocenters. The second kappa shape index (κ2) is 7.53. The minimum Gasteiger partial charge on any atom is -0.457 e. The van der Waals surface area contributed by atoms with E-state index >= 15 is 0 Å². The van der Waals surface area contributed by atoms with Gasteiger partial charge in [-0.1, -0.05) is 48.5 Å². The van der Waals surface area contributed by atoms with Gasteiger partial charge in [-0.2, -0.15) is 13.2 Å². The molecule has 0 N–H and O–H groups in total. The summed E-state index contributed by atoms with van der Waals surface area (Å²) in [4.78, 5) is 16.7. The molecule has 1 aliphatic heterocycles. The number of alkyl halides is 3. The predicted octanol–water partition coefficient (Wildman–Crippen LogP) is 6.46. The van der Waals surface area contributed by atoms with Crippen molar-refractivity contribution in [1.29, 1.82) is 0 Å². The van der Waals surface area contributed by atoms with Crippen molar-refractivity contribution in [2.45, 2.75) is 6.18 Å². The van der Waals surface area contributed by atoms with E-state index < -0.39 is 17.7 Å². The van der Waals surface area contributed by atoms with Crippen LogP contribution in [-0.2, 0) is 15.7 Å². The smallest absolute Gasteiger partial charge is 0.416 e. The number of hydrogen-bond acceptors (Lipinski definition) is 4. The van der Waals surface area contributed by atoms with Gasteiger partial charge in [0.05, 0.1) is 5.56 Å². The first-order chi connectivity index (χ1) is 15.4. The molecule has 32 heavy (non-hydrogen) atoms. The van der Waals surface area contributed by atoms with E-state index in [-0.39, 0.29) is 28.7 Å². The zero-order chi connectivity index (χ0) is 22.3. The molecule has 0 bridgehead atoms. The normalized spacial score (nSPS) is 15.3. The molecule has 3 aromatic carbocycles. The average Bonchev–Trinajstić information content (AvgIpc) is 3.40. The van der Waals surface area contributed by atoms with Gasteiger partial charge in [-0.05, 0) is 41.1 Å². The number of fused-ring (bicyclic) bond motifs is 1. The molecule has 5 rings (SSSR count). The first-order valence-corrected chi connectivity index (χ1v) is 9.67. The molecule has 0 radical (unpaired) electrons. The summed E-state index contributed by atoms with van der Waals surface area (Å²) in [6.45, 7) is 0. The maximum Gasteiger partial charge on any atom is 0.416 e. The molecule has 158 valence electrons. The van der Waals surface area contributed by atoms with Crippen LogP contribution in [0.25, 0.3) is 28.2 Å². The number of halogens is 3. The summed E-state index contributed by atoms with van der Waals surface area (Å²) in [5, 5.41) is 1.88. The summed E-state index contributed by atoms with van der Waals surface area (Å²) in [6, 6.07) is 21.2. The van der Waals surface area contributed by atoms with Gasteiger partial charge in [-0.3, -0.25) is 0 Å². The monoisotopic (exact) mass is 433 g/mol. The molecule has 0 unspecified atom stereocenters. The molecule has 1 aliphatic rings. The first-order valence-electron chi connectivity index (χ1n) is 9.67. The summed E-state index contributed by atoms with van der Waals surface area (Å²) in [5.74, 6) is 0.0625. The van der Waals surface area contributed by atoms with Crippen molar-refractivity contribution in [2.24, 2.45) is 4.99 Å². The van der Waals surface area contributed by atoms with Gasteiger partial charge >= 0.3 is 12.1 Å². The molecule has 0 fully saturated rings. The molecule has 0 saturated carbocycles.